The molecule has 0 unspecified atom stereocenters. The Kier molecular flexibility index (Phi) is 4.00. The number of ether oxygens (including phenoxy) is 1. The van der Waals surface area contributed by atoms with E-state index in [1.807, 2.05) is 0 Å². The van der Waals surface area contributed by atoms with Crippen molar-refractivity contribution in [1.82, 2.24) is 0 Å². The molecule has 0 radical (unpaired) electrons. The van der Waals surface area contributed by atoms with Crippen molar-refractivity contribution in [2.75, 3.05) is 5.73 Å². The Balaban J connectivity index is 1.85. The van der Waals surface area contributed by atoms with Gasteiger partial charge in [0.2, 0.25) is 0 Å². The summed E-state index contributed by atoms with van der Waals surface area (Å²) in [5.41, 5.74) is 6.87. The van der Waals surface area contributed by atoms with Crippen LogP contribution in [0.5, 0.6) is 0 Å². The molecule has 1 aliphatic carbocycles. The Morgan fingerprint density at radius 1 is 1.24 bits per heavy atom. The Morgan fingerprint density at radius 3 is 2.59 bits per heavy atom. The third-order valence-electron chi connectivity index (χ3n) is 3.43. The van der Waals surface area contributed by atoms with Gasteiger partial charge in [0.1, 0.15) is 5.82 Å². The highest BCUT2D eigenvalue weighted by molar-refractivity contribution is 5.41. The summed E-state index contributed by atoms with van der Waals surface area (Å²) in [7, 11) is 0. The molecule has 2 N–H and O–H groups in total. The minimum Gasteiger partial charge on any atom is -0.399 e. The average molecular weight is 237 g/mol. The van der Waals surface area contributed by atoms with E-state index in [0.29, 0.717) is 18.4 Å². The van der Waals surface area contributed by atoms with Gasteiger partial charge in [0.05, 0.1) is 12.7 Å². The molecular weight excluding hydrogens is 217 g/mol. The third-order valence-corrected chi connectivity index (χ3v) is 3.43. The van der Waals surface area contributed by atoms with Crippen LogP contribution >= 0.6 is 0 Å². The number of anilines is 1. The lowest BCUT2D eigenvalue weighted by atomic mass is 9.89. The van der Waals surface area contributed by atoms with Gasteiger partial charge in [-0.05, 0) is 55.4 Å². The Hall–Kier alpha value is -1.09. The van der Waals surface area contributed by atoms with E-state index in [2.05, 4.69) is 6.92 Å². The molecule has 0 aliphatic heterocycles. The summed E-state index contributed by atoms with van der Waals surface area (Å²) in [5.74, 6) is 0.528. The number of hydrogen-bond donors (Lipinski definition) is 1. The van der Waals surface area contributed by atoms with Crippen molar-refractivity contribution in [2.45, 2.75) is 45.3 Å². The van der Waals surface area contributed by atoms with Crippen LogP contribution in [-0.2, 0) is 11.3 Å². The zero-order chi connectivity index (χ0) is 12.3. The van der Waals surface area contributed by atoms with E-state index in [4.69, 9.17) is 10.5 Å². The molecule has 2 rings (SSSR count). The first-order valence-corrected chi connectivity index (χ1v) is 6.30. The standard InChI is InChI=1S/C14H20FNO/c1-10-2-4-14(5-3-10)17-9-11-6-12(15)8-13(16)7-11/h6-8,10,14H,2-5,9,16H2,1H3. The number of rotatable bonds is 3. The highest BCUT2D eigenvalue weighted by Gasteiger charge is 2.18. The molecule has 0 bridgehead atoms. The normalized spacial score (nSPS) is 24.8. The monoisotopic (exact) mass is 237 g/mol. The largest absolute Gasteiger partial charge is 0.399 e. The van der Waals surface area contributed by atoms with Crippen LogP contribution < -0.4 is 5.73 Å². The summed E-state index contributed by atoms with van der Waals surface area (Å²) < 4.78 is 18.9. The first-order chi connectivity index (χ1) is 8.13. The van der Waals surface area contributed by atoms with Gasteiger partial charge in [-0.25, -0.2) is 4.39 Å². The molecule has 0 atom stereocenters. The average Bonchev–Trinajstić information content (AvgIpc) is 2.27. The fourth-order valence-electron chi connectivity index (χ4n) is 2.37. The fourth-order valence-corrected chi connectivity index (χ4v) is 2.37. The molecule has 1 aromatic rings. The smallest absolute Gasteiger partial charge is 0.125 e. The van der Waals surface area contributed by atoms with Crippen molar-refractivity contribution in [3.63, 3.8) is 0 Å². The first-order valence-electron chi connectivity index (χ1n) is 6.30. The molecule has 1 fully saturated rings. The summed E-state index contributed by atoms with van der Waals surface area (Å²) in [5, 5.41) is 0. The van der Waals surface area contributed by atoms with Crippen LogP contribution in [-0.4, -0.2) is 6.10 Å². The first kappa shape index (κ1) is 12.4. The predicted octanol–water partition coefficient (Wildman–Crippen LogP) is 3.50. The predicted molar refractivity (Wildman–Crippen MR) is 67.0 cm³/mol. The van der Waals surface area contributed by atoms with Gasteiger partial charge in [0.15, 0.2) is 0 Å². The van der Waals surface area contributed by atoms with Crippen molar-refractivity contribution < 1.29 is 9.13 Å². The molecule has 94 valence electrons. The maximum absolute atomic E-state index is 13.1. The quantitative estimate of drug-likeness (QED) is 0.816. The van der Waals surface area contributed by atoms with E-state index in [1.54, 1.807) is 6.07 Å². The zero-order valence-corrected chi connectivity index (χ0v) is 10.3. The lowest BCUT2D eigenvalue weighted by Crippen LogP contribution is -2.20. The molecule has 0 saturated heterocycles. The highest BCUT2D eigenvalue weighted by Crippen LogP contribution is 2.26. The number of hydrogen-bond acceptors (Lipinski definition) is 2. The topological polar surface area (TPSA) is 35.2 Å². The molecular formula is C14H20FNO. The van der Waals surface area contributed by atoms with Crippen LogP contribution in [0, 0.1) is 11.7 Å². The summed E-state index contributed by atoms with van der Waals surface area (Å²) in [6, 6.07) is 4.59. The number of benzene rings is 1. The molecule has 3 heteroatoms. The van der Waals surface area contributed by atoms with E-state index in [9.17, 15) is 4.39 Å². The summed E-state index contributed by atoms with van der Waals surface area (Å²) in [6.07, 6.45) is 5.03. The SMILES string of the molecule is CC1CCC(OCc2cc(N)cc(F)c2)CC1. The van der Waals surface area contributed by atoms with Crippen molar-refractivity contribution in [2.24, 2.45) is 5.92 Å². The molecule has 17 heavy (non-hydrogen) atoms. The fraction of sp³-hybridized carbons (Fsp3) is 0.571. The lowest BCUT2D eigenvalue weighted by Gasteiger charge is -2.26. The van der Waals surface area contributed by atoms with Crippen LogP contribution in [0.25, 0.3) is 0 Å². The van der Waals surface area contributed by atoms with Gasteiger partial charge in [0.25, 0.3) is 0 Å². The van der Waals surface area contributed by atoms with Gasteiger partial charge in [0, 0.05) is 5.69 Å². The van der Waals surface area contributed by atoms with Gasteiger partial charge in [-0.2, -0.15) is 0 Å². The zero-order valence-electron chi connectivity index (χ0n) is 10.3. The maximum atomic E-state index is 13.1. The van der Waals surface area contributed by atoms with Crippen molar-refractivity contribution in [1.29, 1.82) is 0 Å². The van der Waals surface area contributed by atoms with Crippen molar-refractivity contribution in [3.05, 3.63) is 29.6 Å². The molecule has 2 nitrogen and oxygen atoms in total. The second kappa shape index (κ2) is 5.50. The molecule has 0 amide bonds. The van der Waals surface area contributed by atoms with E-state index < -0.39 is 0 Å². The second-order valence-corrected chi connectivity index (χ2v) is 5.09. The summed E-state index contributed by atoms with van der Waals surface area (Å²) in [6.45, 7) is 2.74. The Labute approximate surface area is 102 Å². The Morgan fingerprint density at radius 2 is 1.94 bits per heavy atom. The van der Waals surface area contributed by atoms with Gasteiger partial charge in [-0.3, -0.25) is 0 Å². The van der Waals surface area contributed by atoms with Gasteiger partial charge >= 0.3 is 0 Å². The van der Waals surface area contributed by atoms with Crippen molar-refractivity contribution in [3.8, 4) is 0 Å². The highest BCUT2D eigenvalue weighted by atomic mass is 19.1. The lowest BCUT2D eigenvalue weighted by molar-refractivity contribution is 0.00870. The van der Waals surface area contributed by atoms with E-state index in [-0.39, 0.29) is 5.82 Å². The van der Waals surface area contributed by atoms with Crippen LogP contribution in [0.4, 0.5) is 10.1 Å². The molecule has 0 aromatic heterocycles. The van der Waals surface area contributed by atoms with Crippen molar-refractivity contribution >= 4 is 5.69 Å². The van der Waals surface area contributed by atoms with Gasteiger partial charge in [-0.15, -0.1) is 0 Å². The molecule has 0 spiro atoms. The van der Waals surface area contributed by atoms with Crippen LogP contribution in [0.15, 0.2) is 18.2 Å². The van der Waals surface area contributed by atoms with Gasteiger partial charge < -0.3 is 10.5 Å². The van der Waals surface area contributed by atoms with E-state index in [0.717, 1.165) is 24.3 Å². The minimum atomic E-state index is -0.291. The van der Waals surface area contributed by atoms with Crippen LogP contribution in [0.3, 0.4) is 0 Å². The number of nitrogens with two attached hydrogens (primary N) is 1. The van der Waals surface area contributed by atoms with E-state index >= 15 is 0 Å². The number of nitrogen functional groups attached to an aromatic ring is 1. The third kappa shape index (κ3) is 3.70. The van der Waals surface area contributed by atoms with Crippen LogP contribution in [0.1, 0.15) is 38.2 Å². The molecule has 1 aromatic carbocycles. The summed E-state index contributed by atoms with van der Waals surface area (Å²) >= 11 is 0. The minimum absolute atomic E-state index is 0.291. The second-order valence-electron chi connectivity index (χ2n) is 5.09. The maximum Gasteiger partial charge on any atom is 0.125 e. The summed E-state index contributed by atoms with van der Waals surface area (Å²) in [4.78, 5) is 0. The molecule has 1 aliphatic rings. The van der Waals surface area contributed by atoms with E-state index in [1.165, 1.54) is 25.0 Å². The molecule has 1 saturated carbocycles. The van der Waals surface area contributed by atoms with Gasteiger partial charge in [-0.1, -0.05) is 6.92 Å². The van der Waals surface area contributed by atoms with Crippen LogP contribution in [0.2, 0.25) is 0 Å². The number of halogens is 1. The Bertz CT molecular complexity index is 352. The molecule has 0 heterocycles.